The lowest BCUT2D eigenvalue weighted by atomic mass is 10.4. The monoisotopic (exact) mass is 247 g/mol. The van der Waals surface area contributed by atoms with Crippen molar-refractivity contribution in [1.82, 2.24) is 10.7 Å². The van der Waals surface area contributed by atoms with Crippen molar-refractivity contribution >= 4 is 11.8 Å². The molecule has 0 aliphatic heterocycles. The van der Waals surface area contributed by atoms with Crippen LogP contribution in [0.1, 0.15) is 19.8 Å². The number of hydrazine groups is 1. The molecule has 0 saturated heterocycles. The van der Waals surface area contributed by atoms with Crippen LogP contribution in [-0.4, -0.2) is 44.8 Å². The van der Waals surface area contributed by atoms with Crippen LogP contribution in [0.2, 0.25) is 0 Å². The summed E-state index contributed by atoms with van der Waals surface area (Å²) in [7, 11) is 0. The van der Waals surface area contributed by atoms with Crippen LogP contribution in [0.4, 0.5) is 0 Å². The Bertz CT molecular complexity index is 202. The van der Waals surface area contributed by atoms with E-state index in [2.05, 4.69) is 5.32 Å². The number of rotatable bonds is 10. The lowest BCUT2D eigenvalue weighted by molar-refractivity contribution is -0.122. The first kappa shape index (κ1) is 15.8. The summed E-state index contributed by atoms with van der Waals surface area (Å²) in [5.74, 6) is 4.64. The summed E-state index contributed by atoms with van der Waals surface area (Å²) < 4.78 is 10.3. The fourth-order valence-electron chi connectivity index (χ4n) is 0.947. The van der Waals surface area contributed by atoms with Crippen molar-refractivity contribution in [2.45, 2.75) is 19.8 Å². The van der Waals surface area contributed by atoms with Crippen LogP contribution in [0.3, 0.4) is 0 Å². The molecule has 0 aliphatic rings. The van der Waals surface area contributed by atoms with E-state index in [4.69, 9.17) is 15.3 Å². The number of hydrogen-bond donors (Lipinski definition) is 3. The van der Waals surface area contributed by atoms with E-state index in [0.29, 0.717) is 39.4 Å². The SMILES string of the molecule is CCC(=O)NCCOCCOCCC(=O)NN. The van der Waals surface area contributed by atoms with Crippen LogP contribution in [0, 0.1) is 0 Å². The summed E-state index contributed by atoms with van der Waals surface area (Å²) in [4.78, 5) is 21.5. The summed E-state index contributed by atoms with van der Waals surface area (Å²) in [5, 5.41) is 2.69. The van der Waals surface area contributed by atoms with Crippen molar-refractivity contribution in [3.8, 4) is 0 Å². The first-order valence-corrected chi connectivity index (χ1v) is 5.62. The Labute approximate surface area is 101 Å². The molecule has 0 rings (SSSR count). The van der Waals surface area contributed by atoms with Crippen molar-refractivity contribution in [1.29, 1.82) is 0 Å². The lowest BCUT2D eigenvalue weighted by Crippen LogP contribution is -2.30. The molecule has 2 amide bonds. The Morgan fingerprint density at radius 1 is 1.06 bits per heavy atom. The summed E-state index contributed by atoms with van der Waals surface area (Å²) in [6.45, 7) is 3.92. The van der Waals surface area contributed by atoms with Crippen molar-refractivity contribution < 1.29 is 19.1 Å². The Balaban J connectivity index is 3.08. The summed E-state index contributed by atoms with van der Waals surface area (Å²) in [6, 6.07) is 0. The fraction of sp³-hybridized carbons (Fsp3) is 0.800. The van der Waals surface area contributed by atoms with Gasteiger partial charge in [-0.2, -0.15) is 0 Å². The molecule has 17 heavy (non-hydrogen) atoms. The van der Waals surface area contributed by atoms with Crippen molar-refractivity contribution in [3.05, 3.63) is 0 Å². The standard InChI is InChI=1S/C10H21N3O4/c1-2-9(14)12-4-6-17-8-7-16-5-3-10(15)13-11/h2-8,11H2,1H3,(H,12,14)(H,13,15). The van der Waals surface area contributed by atoms with Gasteiger partial charge in [-0.15, -0.1) is 0 Å². The molecule has 0 heterocycles. The second-order valence-corrected chi connectivity index (χ2v) is 3.25. The van der Waals surface area contributed by atoms with Gasteiger partial charge >= 0.3 is 0 Å². The molecule has 0 unspecified atom stereocenters. The molecule has 100 valence electrons. The number of nitrogens with two attached hydrogens (primary N) is 1. The maximum absolute atomic E-state index is 10.8. The van der Waals surface area contributed by atoms with E-state index in [1.807, 2.05) is 5.43 Å². The molecular weight excluding hydrogens is 226 g/mol. The minimum atomic E-state index is -0.256. The highest BCUT2D eigenvalue weighted by Gasteiger charge is 1.98. The topological polar surface area (TPSA) is 103 Å². The third-order valence-corrected chi connectivity index (χ3v) is 1.90. The Morgan fingerprint density at radius 2 is 1.71 bits per heavy atom. The van der Waals surface area contributed by atoms with Gasteiger partial charge in [-0.1, -0.05) is 6.92 Å². The Kier molecular flexibility index (Phi) is 10.5. The van der Waals surface area contributed by atoms with Gasteiger partial charge in [-0.3, -0.25) is 15.0 Å². The number of hydrogen-bond acceptors (Lipinski definition) is 5. The number of nitrogens with one attached hydrogen (secondary N) is 2. The van der Waals surface area contributed by atoms with Gasteiger partial charge in [-0.05, 0) is 0 Å². The van der Waals surface area contributed by atoms with Gasteiger partial charge in [0.05, 0.1) is 32.8 Å². The average Bonchev–Trinajstić information content (AvgIpc) is 2.35. The molecule has 0 aromatic rings. The van der Waals surface area contributed by atoms with Crippen LogP contribution >= 0.6 is 0 Å². The molecule has 0 aliphatic carbocycles. The second kappa shape index (κ2) is 11.3. The average molecular weight is 247 g/mol. The third-order valence-electron chi connectivity index (χ3n) is 1.90. The zero-order valence-electron chi connectivity index (χ0n) is 10.2. The van der Waals surface area contributed by atoms with Gasteiger partial charge in [-0.25, -0.2) is 5.84 Å². The van der Waals surface area contributed by atoms with Gasteiger partial charge in [0, 0.05) is 13.0 Å². The molecule has 0 radical (unpaired) electrons. The first-order chi connectivity index (χ1) is 8.20. The predicted molar refractivity (Wildman–Crippen MR) is 61.9 cm³/mol. The minimum absolute atomic E-state index is 0.0117. The summed E-state index contributed by atoms with van der Waals surface area (Å²) >= 11 is 0. The van der Waals surface area contributed by atoms with E-state index in [1.54, 1.807) is 6.92 Å². The zero-order chi connectivity index (χ0) is 12.9. The highest BCUT2D eigenvalue weighted by atomic mass is 16.5. The van der Waals surface area contributed by atoms with Crippen molar-refractivity contribution in [3.63, 3.8) is 0 Å². The summed E-state index contributed by atoms with van der Waals surface area (Å²) in [5.41, 5.74) is 2.01. The van der Waals surface area contributed by atoms with Crippen LogP contribution < -0.4 is 16.6 Å². The van der Waals surface area contributed by atoms with Gasteiger partial charge in [0.2, 0.25) is 11.8 Å². The van der Waals surface area contributed by atoms with E-state index in [1.165, 1.54) is 0 Å². The van der Waals surface area contributed by atoms with Gasteiger partial charge < -0.3 is 14.8 Å². The smallest absolute Gasteiger partial charge is 0.236 e. The molecule has 0 atom stereocenters. The fourth-order valence-corrected chi connectivity index (χ4v) is 0.947. The highest BCUT2D eigenvalue weighted by molar-refractivity contribution is 5.75. The maximum atomic E-state index is 10.8. The molecule has 0 saturated carbocycles. The molecule has 0 spiro atoms. The highest BCUT2D eigenvalue weighted by Crippen LogP contribution is 1.83. The number of carbonyl (C=O) groups excluding carboxylic acids is 2. The molecule has 0 fully saturated rings. The number of ether oxygens (including phenoxy) is 2. The molecule has 0 bridgehead atoms. The quantitative estimate of drug-likeness (QED) is 0.197. The normalized spacial score (nSPS) is 10.0. The Hall–Kier alpha value is -1.18. The zero-order valence-corrected chi connectivity index (χ0v) is 10.2. The Morgan fingerprint density at radius 3 is 2.29 bits per heavy atom. The van der Waals surface area contributed by atoms with Gasteiger partial charge in [0.1, 0.15) is 0 Å². The third kappa shape index (κ3) is 11.1. The van der Waals surface area contributed by atoms with E-state index in [0.717, 1.165) is 0 Å². The van der Waals surface area contributed by atoms with E-state index >= 15 is 0 Å². The van der Waals surface area contributed by atoms with Gasteiger partial charge in [0.15, 0.2) is 0 Å². The van der Waals surface area contributed by atoms with E-state index in [-0.39, 0.29) is 18.2 Å². The second-order valence-electron chi connectivity index (χ2n) is 3.25. The van der Waals surface area contributed by atoms with Crippen molar-refractivity contribution in [2.75, 3.05) is 33.0 Å². The molecule has 7 heteroatoms. The van der Waals surface area contributed by atoms with Crippen LogP contribution in [0.15, 0.2) is 0 Å². The van der Waals surface area contributed by atoms with E-state index in [9.17, 15) is 9.59 Å². The lowest BCUT2D eigenvalue weighted by Gasteiger charge is -2.06. The largest absolute Gasteiger partial charge is 0.379 e. The molecule has 0 aromatic heterocycles. The van der Waals surface area contributed by atoms with Crippen LogP contribution in [0.25, 0.3) is 0 Å². The molecule has 7 nitrogen and oxygen atoms in total. The van der Waals surface area contributed by atoms with E-state index < -0.39 is 0 Å². The number of amides is 2. The maximum Gasteiger partial charge on any atom is 0.236 e. The number of carbonyl (C=O) groups is 2. The molecular formula is C10H21N3O4. The van der Waals surface area contributed by atoms with Crippen LogP contribution in [0.5, 0.6) is 0 Å². The van der Waals surface area contributed by atoms with Crippen molar-refractivity contribution in [2.24, 2.45) is 5.84 Å². The predicted octanol–water partition coefficient (Wildman–Crippen LogP) is -1.07. The molecule has 0 aromatic carbocycles. The first-order valence-electron chi connectivity index (χ1n) is 5.62. The summed E-state index contributed by atoms with van der Waals surface area (Å²) in [6.07, 6.45) is 0.718. The minimum Gasteiger partial charge on any atom is -0.379 e. The molecule has 4 N–H and O–H groups in total. The van der Waals surface area contributed by atoms with Crippen LogP contribution in [-0.2, 0) is 19.1 Å². The van der Waals surface area contributed by atoms with Gasteiger partial charge in [0.25, 0.3) is 0 Å².